The van der Waals surface area contributed by atoms with Crippen LogP contribution in [0.4, 0.5) is 4.39 Å². The van der Waals surface area contributed by atoms with E-state index in [1.165, 1.54) is 31.4 Å². The normalized spacial score (nSPS) is 16.8. The molecule has 0 amide bonds. The Morgan fingerprint density at radius 2 is 1.92 bits per heavy atom. The summed E-state index contributed by atoms with van der Waals surface area (Å²) >= 11 is 0. The van der Waals surface area contributed by atoms with Gasteiger partial charge in [0.15, 0.2) is 0 Å². The van der Waals surface area contributed by atoms with E-state index in [9.17, 15) is 19.2 Å². The molecule has 130 valence electrons. The molecule has 7 nitrogen and oxygen atoms in total. The van der Waals surface area contributed by atoms with Gasteiger partial charge in [0, 0.05) is 0 Å². The molecule has 25 heavy (non-hydrogen) atoms. The summed E-state index contributed by atoms with van der Waals surface area (Å²) in [7, 11) is 2.33. The van der Waals surface area contributed by atoms with Gasteiger partial charge in [-0.15, -0.1) is 0 Å². The SMILES string of the molecule is COC(=O)CC1=C(C(=O)OC)[C@H](c2ccc(F)cc2)C(C#N)=C(N)O1. The summed E-state index contributed by atoms with van der Waals surface area (Å²) in [5, 5.41) is 9.43. The molecule has 0 fully saturated rings. The molecule has 0 saturated carbocycles. The van der Waals surface area contributed by atoms with Crippen molar-refractivity contribution in [3.63, 3.8) is 0 Å². The van der Waals surface area contributed by atoms with Crippen LogP contribution in [0.25, 0.3) is 0 Å². The van der Waals surface area contributed by atoms with Crippen LogP contribution in [0, 0.1) is 17.1 Å². The second-order valence-electron chi connectivity index (χ2n) is 5.06. The molecule has 0 radical (unpaired) electrons. The third kappa shape index (κ3) is 3.61. The van der Waals surface area contributed by atoms with Crippen LogP contribution in [0.15, 0.2) is 47.1 Å². The largest absolute Gasteiger partial charge is 0.469 e. The van der Waals surface area contributed by atoms with E-state index in [0.717, 1.165) is 7.11 Å². The standard InChI is InChI=1S/C17H15FN2O5/c1-23-13(21)7-12-15(17(22)24-2)14(11(8-19)16(20)25-12)9-3-5-10(18)6-4-9/h3-6,14H,7,20H2,1-2H3/t14-/m1/s1. The second kappa shape index (κ2) is 7.49. The molecule has 0 aliphatic carbocycles. The molecule has 8 heteroatoms. The number of hydrogen-bond acceptors (Lipinski definition) is 7. The third-order valence-electron chi connectivity index (χ3n) is 3.64. The molecular formula is C17H15FN2O5. The van der Waals surface area contributed by atoms with Gasteiger partial charge in [-0.05, 0) is 17.7 Å². The number of nitrogens with zero attached hydrogens (tertiary/aromatic N) is 1. The van der Waals surface area contributed by atoms with Crippen molar-refractivity contribution in [2.75, 3.05) is 14.2 Å². The van der Waals surface area contributed by atoms with Crippen LogP contribution in [0.3, 0.4) is 0 Å². The van der Waals surface area contributed by atoms with Gasteiger partial charge >= 0.3 is 11.9 Å². The Balaban J connectivity index is 2.66. The summed E-state index contributed by atoms with van der Waals surface area (Å²) in [5.41, 5.74) is 6.10. The van der Waals surface area contributed by atoms with E-state index in [2.05, 4.69) is 4.74 Å². The topological polar surface area (TPSA) is 112 Å². The number of allylic oxidation sites excluding steroid dienone is 1. The van der Waals surface area contributed by atoms with Gasteiger partial charge in [0.1, 0.15) is 29.6 Å². The van der Waals surface area contributed by atoms with Crippen LogP contribution in [-0.2, 0) is 23.8 Å². The van der Waals surface area contributed by atoms with Crippen molar-refractivity contribution in [1.82, 2.24) is 0 Å². The van der Waals surface area contributed by atoms with Crippen molar-refractivity contribution in [3.8, 4) is 6.07 Å². The maximum Gasteiger partial charge on any atom is 0.338 e. The van der Waals surface area contributed by atoms with Crippen molar-refractivity contribution >= 4 is 11.9 Å². The first-order chi connectivity index (χ1) is 11.9. The number of hydrogen-bond donors (Lipinski definition) is 1. The van der Waals surface area contributed by atoms with Gasteiger partial charge in [0.25, 0.3) is 0 Å². The number of esters is 2. The number of halogens is 1. The number of nitriles is 1. The van der Waals surface area contributed by atoms with Crippen LogP contribution in [0.5, 0.6) is 0 Å². The number of carbonyl (C=O) groups excluding carboxylic acids is 2. The Labute approximate surface area is 143 Å². The Kier molecular flexibility index (Phi) is 5.39. The lowest BCUT2D eigenvalue weighted by Gasteiger charge is -2.27. The van der Waals surface area contributed by atoms with Gasteiger partial charge < -0.3 is 19.9 Å². The zero-order chi connectivity index (χ0) is 18.6. The Morgan fingerprint density at radius 1 is 1.28 bits per heavy atom. The molecule has 1 aliphatic rings. The molecule has 1 atom stereocenters. The predicted molar refractivity (Wildman–Crippen MR) is 82.7 cm³/mol. The highest BCUT2D eigenvalue weighted by Crippen LogP contribution is 2.40. The first-order valence-corrected chi connectivity index (χ1v) is 7.14. The lowest BCUT2D eigenvalue weighted by molar-refractivity contribution is -0.140. The fraction of sp³-hybridized carbons (Fsp3) is 0.235. The van der Waals surface area contributed by atoms with E-state index in [-0.39, 0.29) is 29.2 Å². The van der Waals surface area contributed by atoms with Crippen molar-refractivity contribution in [1.29, 1.82) is 5.26 Å². The van der Waals surface area contributed by atoms with Crippen molar-refractivity contribution in [2.24, 2.45) is 5.73 Å². The number of methoxy groups -OCH3 is 2. The number of ether oxygens (including phenoxy) is 3. The summed E-state index contributed by atoms with van der Waals surface area (Å²) in [6, 6.07) is 7.08. The average Bonchev–Trinajstić information content (AvgIpc) is 2.61. The highest BCUT2D eigenvalue weighted by atomic mass is 19.1. The van der Waals surface area contributed by atoms with Crippen LogP contribution in [0.2, 0.25) is 0 Å². The van der Waals surface area contributed by atoms with Gasteiger partial charge in [-0.2, -0.15) is 5.26 Å². The van der Waals surface area contributed by atoms with Crippen molar-refractivity contribution < 1.29 is 28.2 Å². The van der Waals surface area contributed by atoms with Crippen LogP contribution < -0.4 is 5.73 Å². The number of carbonyl (C=O) groups is 2. The van der Waals surface area contributed by atoms with E-state index in [4.69, 9.17) is 15.2 Å². The number of benzene rings is 1. The lowest BCUT2D eigenvalue weighted by atomic mass is 9.82. The van der Waals surface area contributed by atoms with E-state index in [1.54, 1.807) is 0 Å². The van der Waals surface area contributed by atoms with Gasteiger partial charge in [-0.1, -0.05) is 12.1 Å². The molecular weight excluding hydrogens is 331 g/mol. The molecule has 2 N–H and O–H groups in total. The van der Waals surface area contributed by atoms with Crippen LogP contribution in [0.1, 0.15) is 17.9 Å². The zero-order valence-corrected chi connectivity index (χ0v) is 13.5. The molecule has 0 unspecified atom stereocenters. The van der Waals surface area contributed by atoms with Crippen molar-refractivity contribution in [2.45, 2.75) is 12.3 Å². The molecule has 0 aromatic heterocycles. The van der Waals surface area contributed by atoms with Crippen LogP contribution >= 0.6 is 0 Å². The minimum Gasteiger partial charge on any atom is -0.469 e. The molecule has 1 aliphatic heterocycles. The van der Waals surface area contributed by atoms with E-state index in [0.29, 0.717) is 5.56 Å². The first-order valence-electron chi connectivity index (χ1n) is 7.14. The number of nitrogens with two attached hydrogens (primary N) is 1. The average molecular weight is 346 g/mol. The summed E-state index contributed by atoms with van der Waals surface area (Å²) in [6.07, 6.45) is -0.377. The summed E-state index contributed by atoms with van der Waals surface area (Å²) < 4.78 is 27.9. The highest BCUT2D eigenvalue weighted by molar-refractivity contribution is 5.93. The van der Waals surface area contributed by atoms with Gasteiger partial charge in [0.2, 0.25) is 5.88 Å². The Bertz CT molecular complexity index is 805. The van der Waals surface area contributed by atoms with Crippen molar-refractivity contribution in [3.05, 3.63) is 58.4 Å². The Morgan fingerprint density at radius 3 is 2.44 bits per heavy atom. The minimum atomic E-state index is -0.952. The predicted octanol–water partition coefficient (Wildman–Crippen LogP) is 1.62. The lowest BCUT2D eigenvalue weighted by Crippen LogP contribution is -2.26. The number of rotatable bonds is 4. The smallest absolute Gasteiger partial charge is 0.338 e. The van der Waals surface area contributed by atoms with Crippen LogP contribution in [-0.4, -0.2) is 26.2 Å². The molecule has 1 heterocycles. The maximum atomic E-state index is 13.2. The maximum absolute atomic E-state index is 13.2. The fourth-order valence-corrected chi connectivity index (χ4v) is 2.47. The van der Waals surface area contributed by atoms with Gasteiger partial charge in [-0.25, -0.2) is 9.18 Å². The molecule has 2 rings (SSSR count). The van der Waals surface area contributed by atoms with E-state index >= 15 is 0 Å². The molecule has 1 aromatic carbocycles. The molecule has 0 bridgehead atoms. The summed E-state index contributed by atoms with van der Waals surface area (Å²) in [4.78, 5) is 23.9. The van der Waals surface area contributed by atoms with E-state index < -0.39 is 23.7 Å². The third-order valence-corrected chi connectivity index (χ3v) is 3.64. The van der Waals surface area contributed by atoms with Gasteiger partial charge in [-0.3, -0.25) is 4.79 Å². The monoisotopic (exact) mass is 346 g/mol. The molecule has 1 aromatic rings. The Hall–Kier alpha value is -3.34. The second-order valence-corrected chi connectivity index (χ2v) is 5.06. The minimum absolute atomic E-state index is 0.0411. The fourth-order valence-electron chi connectivity index (χ4n) is 2.47. The molecule has 0 spiro atoms. The summed E-state index contributed by atoms with van der Waals surface area (Å²) in [6.45, 7) is 0. The quantitative estimate of drug-likeness (QED) is 0.825. The zero-order valence-electron chi connectivity index (χ0n) is 13.5. The molecule has 0 saturated heterocycles. The van der Waals surface area contributed by atoms with Gasteiger partial charge in [0.05, 0.1) is 25.7 Å². The highest BCUT2D eigenvalue weighted by Gasteiger charge is 2.38. The van der Waals surface area contributed by atoms with E-state index in [1.807, 2.05) is 6.07 Å². The summed E-state index contributed by atoms with van der Waals surface area (Å²) in [5.74, 6) is -3.22. The first kappa shape index (κ1) is 18.0.